The standard InChI is InChI=1S/C21H21N3O3/c1-14-7-8-17(11-18(14)20-22-15(2)13-27-20)23-21(25)24-9-10-26-19-6-4-3-5-16(19)12-24/h3-8,11,13H,9-10,12H2,1-2H3,(H,23,25). The fourth-order valence-electron chi connectivity index (χ4n) is 3.11. The predicted octanol–water partition coefficient (Wildman–Crippen LogP) is 4.38. The molecule has 0 unspecified atom stereocenters. The maximum Gasteiger partial charge on any atom is 0.322 e. The fraction of sp³-hybridized carbons (Fsp3) is 0.238. The Morgan fingerprint density at radius 1 is 1.19 bits per heavy atom. The number of oxazole rings is 1. The molecule has 2 heterocycles. The lowest BCUT2D eigenvalue weighted by Gasteiger charge is -2.20. The van der Waals surface area contributed by atoms with E-state index in [9.17, 15) is 4.79 Å². The minimum absolute atomic E-state index is 0.159. The van der Waals surface area contributed by atoms with E-state index >= 15 is 0 Å². The Hall–Kier alpha value is -3.28. The fourth-order valence-corrected chi connectivity index (χ4v) is 3.11. The van der Waals surface area contributed by atoms with Gasteiger partial charge in [-0.3, -0.25) is 0 Å². The van der Waals surface area contributed by atoms with Gasteiger partial charge in [-0.05, 0) is 37.6 Å². The summed E-state index contributed by atoms with van der Waals surface area (Å²) in [6, 6.07) is 13.4. The minimum atomic E-state index is -0.159. The van der Waals surface area contributed by atoms with Gasteiger partial charge >= 0.3 is 6.03 Å². The second-order valence-corrected chi connectivity index (χ2v) is 6.63. The summed E-state index contributed by atoms with van der Waals surface area (Å²) in [7, 11) is 0. The van der Waals surface area contributed by atoms with Crippen LogP contribution in [0.5, 0.6) is 5.75 Å². The van der Waals surface area contributed by atoms with Gasteiger partial charge in [0.15, 0.2) is 0 Å². The molecule has 6 nitrogen and oxygen atoms in total. The first-order valence-corrected chi connectivity index (χ1v) is 8.90. The minimum Gasteiger partial charge on any atom is -0.491 e. The van der Waals surface area contributed by atoms with E-state index in [-0.39, 0.29) is 6.03 Å². The molecular formula is C21H21N3O3. The number of para-hydroxylation sites is 1. The largest absolute Gasteiger partial charge is 0.491 e. The molecule has 2 aromatic carbocycles. The van der Waals surface area contributed by atoms with Gasteiger partial charge in [0.2, 0.25) is 5.89 Å². The van der Waals surface area contributed by atoms with Crippen molar-refractivity contribution in [1.82, 2.24) is 9.88 Å². The van der Waals surface area contributed by atoms with E-state index in [0.29, 0.717) is 31.3 Å². The van der Waals surface area contributed by atoms with Crippen LogP contribution in [0, 0.1) is 13.8 Å². The number of ether oxygens (including phenoxy) is 1. The molecule has 1 N–H and O–H groups in total. The number of benzene rings is 2. The Morgan fingerprint density at radius 3 is 2.85 bits per heavy atom. The van der Waals surface area contributed by atoms with Crippen LogP contribution in [-0.2, 0) is 6.54 Å². The molecule has 2 amide bonds. The second-order valence-electron chi connectivity index (χ2n) is 6.63. The molecule has 6 heteroatoms. The summed E-state index contributed by atoms with van der Waals surface area (Å²) in [6.45, 7) is 5.38. The van der Waals surface area contributed by atoms with Gasteiger partial charge in [-0.25, -0.2) is 9.78 Å². The molecule has 0 spiro atoms. The number of carbonyl (C=O) groups excluding carboxylic acids is 1. The highest BCUT2D eigenvalue weighted by Crippen LogP contribution is 2.27. The molecule has 4 rings (SSSR count). The molecule has 0 saturated heterocycles. The zero-order valence-corrected chi connectivity index (χ0v) is 15.4. The summed E-state index contributed by atoms with van der Waals surface area (Å²) < 4.78 is 11.2. The van der Waals surface area contributed by atoms with Crippen LogP contribution >= 0.6 is 0 Å². The molecule has 0 atom stereocenters. The number of carbonyl (C=O) groups is 1. The number of hydrogen-bond donors (Lipinski definition) is 1. The molecule has 0 saturated carbocycles. The average molecular weight is 363 g/mol. The zero-order valence-electron chi connectivity index (χ0n) is 15.4. The van der Waals surface area contributed by atoms with E-state index in [1.807, 2.05) is 56.3 Å². The van der Waals surface area contributed by atoms with Gasteiger partial charge in [0.25, 0.3) is 0 Å². The second kappa shape index (κ2) is 7.15. The molecule has 1 aliphatic rings. The molecule has 0 aliphatic carbocycles. The van der Waals surface area contributed by atoms with Gasteiger partial charge in [0, 0.05) is 16.8 Å². The molecular weight excluding hydrogens is 342 g/mol. The van der Waals surface area contributed by atoms with Gasteiger partial charge < -0.3 is 19.4 Å². The van der Waals surface area contributed by atoms with E-state index < -0.39 is 0 Å². The number of nitrogens with zero attached hydrogens (tertiary/aromatic N) is 2. The van der Waals surface area contributed by atoms with Crippen molar-refractivity contribution in [3.05, 3.63) is 65.5 Å². The van der Waals surface area contributed by atoms with Crippen molar-refractivity contribution in [3.63, 3.8) is 0 Å². The summed E-state index contributed by atoms with van der Waals surface area (Å²) >= 11 is 0. The number of rotatable bonds is 2. The van der Waals surface area contributed by atoms with Gasteiger partial charge in [-0.1, -0.05) is 24.3 Å². The highest BCUT2D eigenvalue weighted by atomic mass is 16.5. The first-order chi connectivity index (χ1) is 13.1. The molecule has 1 aliphatic heterocycles. The smallest absolute Gasteiger partial charge is 0.322 e. The van der Waals surface area contributed by atoms with Crippen LogP contribution in [0.2, 0.25) is 0 Å². The summed E-state index contributed by atoms with van der Waals surface area (Å²) in [5.41, 5.74) is 4.43. The maximum atomic E-state index is 12.8. The van der Waals surface area contributed by atoms with Crippen molar-refractivity contribution < 1.29 is 13.9 Å². The zero-order chi connectivity index (χ0) is 18.8. The molecule has 0 radical (unpaired) electrons. The van der Waals surface area contributed by atoms with Crippen molar-refractivity contribution in [2.24, 2.45) is 0 Å². The molecule has 3 aromatic rings. The van der Waals surface area contributed by atoms with Gasteiger partial charge in [-0.15, -0.1) is 0 Å². The molecule has 1 aromatic heterocycles. The van der Waals surface area contributed by atoms with Crippen LogP contribution in [0.15, 0.2) is 53.1 Å². The average Bonchev–Trinajstić information content (AvgIpc) is 2.97. The molecule has 138 valence electrons. The number of urea groups is 1. The van der Waals surface area contributed by atoms with E-state index in [1.54, 1.807) is 11.2 Å². The topological polar surface area (TPSA) is 67.6 Å². The van der Waals surface area contributed by atoms with Crippen LogP contribution in [0.3, 0.4) is 0 Å². The van der Waals surface area contributed by atoms with E-state index in [2.05, 4.69) is 10.3 Å². The number of fused-ring (bicyclic) bond motifs is 1. The lowest BCUT2D eigenvalue weighted by molar-refractivity contribution is 0.200. The Labute approximate surface area is 157 Å². The first-order valence-electron chi connectivity index (χ1n) is 8.90. The van der Waals surface area contributed by atoms with Crippen LogP contribution in [0.4, 0.5) is 10.5 Å². The summed E-state index contributed by atoms with van der Waals surface area (Å²) in [4.78, 5) is 18.9. The summed E-state index contributed by atoms with van der Waals surface area (Å²) in [6.07, 6.45) is 1.62. The molecule has 0 bridgehead atoms. The van der Waals surface area contributed by atoms with Crippen molar-refractivity contribution in [2.75, 3.05) is 18.5 Å². The van der Waals surface area contributed by atoms with Crippen molar-refractivity contribution in [3.8, 4) is 17.2 Å². The SMILES string of the molecule is Cc1coc(-c2cc(NC(=O)N3CCOc4ccccc4C3)ccc2C)n1. The first kappa shape index (κ1) is 17.1. The predicted molar refractivity (Wildman–Crippen MR) is 103 cm³/mol. The lowest BCUT2D eigenvalue weighted by atomic mass is 10.1. The monoisotopic (exact) mass is 363 g/mol. The number of hydrogen-bond acceptors (Lipinski definition) is 4. The number of anilines is 1. The van der Waals surface area contributed by atoms with Crippen molar-refractivity contribution >= 4 is 11.7 Å². The van der Waals surface area contributed by atoms with E-state index in [0.717, 1.165) is 28.1 Å². The van der Waals surface area contributed by atoms with E-state index in [1.165, 1.54) is 0 Å². The maximum absolute atomic E-state index is 12.8. The highest BCUT2D eigenvalue weighted by molar-refractivity contribution is 5.90. The summed E-state index contributed by atoms with van der Waals surface area (Å²) in [5.74, 6) is 1.39. The normalized spacial score (nSPS) is 13.5. The third kappa shape index (κ3) is 3.65. The highest BCUT2D eigenvalue weighted by Gasteiger charge is 2.20. The van der Waals surface area contributed by atoms with Crippen LogP contribution in [0.25, 0.3) is 11.5 Å². The Morgan fingerprint density at radius 2 is 2.04 bits per heavy atom. The van der Waals surface area contributed by atoms with Gasteiger partial charge in [-0.2, -0.15) is 0 Å². The third-order valence-corrected chi connectivity index (χ3v) is 4.58. The van der Waals surface area contributed by atoms with Gasteiger partial charge in [0.05, 0.1) is 18.8 Å². The summed E-state index contributed by atoms with van der Waals surface area (Å²) in [5, 5.41) is 2.98. The number of nitrogens with one attached hydrogen (secondary N) is 1. The number of amides is 2. The number of aryl methyl sites for hydroxylation is 2. The Bertz CT molecular complexity index is 980. The molecule has 27 heavy (non-hydrogen) atoms. The lowest BCUT2D eigenvalue weighted by Crippen LogP contribution is -2.36. The Kier molecular flexibility index (Phi) is 4.54. The van der Waals surface area contributed by atoms with Gasteiger partial charge in [0.1, 0.15) is 18.6 Å². The van der Waals surface area contributed by atoms with Crippen molar-refractivity contribution in [2.45, 2.75) is 20.4 Å². The Balaban J connectivity index is 1.53. The number of aromatic nitrogens is 1. The quantitative estimate of drug-likeness (QED) is 0.733. The van der Waals surface area contributed by atoms with Crippen LogP contribution in [0.1, 0.15) is 16.8 Å². The van der Waals surface area contributed by atoms with Crippen LogP contribution in [-0.4, -0.2) is 29.1 Å². The molecule has 0 fully saturated rings. The van der Waals surface area contributed by atoms with E-state index in [4.69, 9.17) is 9.15 Å². The van der Waals surface area contributed by atoms with Crippen molar-refractivity contribution in [1.29, 1.82) is 0 Å². The third-order valence-electron chi connectivity index (χ3n) is 4.58. The van der Waals surface area contributed by atoms with Crippen LogP contribution < -0.4 is 10.1 Å².